The van der Waals surface area contributed by atoms with Gasteiger partial charge >= 0.3 is 0 Å². The normalized spacial score (nSPS) is 14.3. The zero-order valence-electron chi connectivity index (χ0n) is 43.3. The first-order chi connectivity index (χ1) is 30.3. The molecule has 4 unspecified atom stereocenters. The molecule has 12 heteroatoms. The number of nitrogens with two attached hydrogens (primary N) is 1. The van der Waals surface area contributed by atoms with E-state index in [1.807, 2.05) is 41.5 Å². The molecule has 64 heavy (non-hydrogen) atoms. The Balaban J connectivity index is -0.00000229. The van der Waals surface area contributed by atoms with Crippen LogP contribution in [0.3, 0.4) is 0 Å². The van der Waals surface area contributed by atoms with E-state index in [9.17, 15) is 17.6 Å². The van der Waals surface area contributed by atoms with Gasteiger partial charge in [-0.15, -0.1) is 0 Å². The summed E-state index contributed by atoms with van der Waals surface area (Å²) >= 11 is 0. The highest BCUT2D eigenvalue weighted by Crippen LogP contribution is 2.26. The molecule has 0 saturated heterocycles. The summed E-state index contributed by atoms with van der Waals surface area (Å²) in [7, 11) is -0.315. The molecular weight excluding hydrogens is 831 g/mol. The van der Waals surface area contributed by atoms with Gasteiger partial charge in [-0.3, -0.25) is 14.8 Å². The van der Waals surface area contributed by atoms with Crippen molar-refractivity contribution in [3.8, 4) is 0 Å². The molecule has 0 aliphatic rings. The minimum atomic E-state index is -0.871. The van der Waals surface area contributed by atoms with Crippen molar-refractivity contribution in [3.63, 3.8) is 0 Å². The van der Waals surface area contributed by atoms with E-state index < -0.39 is 23.3 Å². The molecule has 0 saturated carbocycles. The zero-order valence-corrected chi connectivity index (χ0v) is 44.1. The molecule has 0 aromatic heterocycles. The molecule has 0 aliphatic heterocycles. The van der Waals surface area contributed by atoms with Gasteiger partial charge in [-0.2, -0.15) is 0 Å². The van der Waals surface area contributed by atoms with Crippen LogP contribution >= 0.6 is 10.9 Å². The molecule has 372 valence electrons. The van der Waals surface area contributed by atoms with Crippen LogP contribution in [0.25, 0.3) is 0 Å². The first kappa shape index (κ1) is 65.4. The monoisotopic (exact) mass is 926 g/mol. The summed E-state index contributed by atoms with van der Waals surface area (Å²) in [6, 6.07) is 4.20. The maximum Gasteiger partial charge on any atom is 0.159 e. The van der Waals surface area contributed by atoms with Gasteiger partial charge in [0, 0.05) is 50.4 Å². The fraction of sp³-hybridized carbons (Fsp3) is 0.673. The maximum atomic E-state index is 14.2. The average molecular weight is 926 g/mol. The Hall–Kier alpha value is -2.90. The second-order valence-electron chi connectivity index (χ2n) is 16.5. The number of nitrogens with one attached hydrogen (secondary N) is 3. The van der Waals surface area contributed by atoms with Gasteiger partial charge in [0.2, 0.25) is 0 Å². The summed E-state index contributed by atoms with van der Waals surface area (Å²) in [5.74, 6) is 1.19. The molecular formula is C52H95F4N7S. The second-order valence-corrected chi connectivity index (χ2v) is 17.7. The summed E-state index contributed by atoms with van der Waals surface area (Å²) in [5, 5.41) is 17.7. The van der Waals surface area contributed by atoms with Crippen LogP contribution in [0.2, 0.25) is 0 Å². The molecule has 0 radical (unpaired) electrons. The van der Waals surface area contributed by atoms with Crippen molar-refractivity contribution >= 4 is 28.3 Å². The molecule has 0 fully saturated rings. The summed E-state index contributed by atoms with van der Waals surface area (Å²) in [4.78, 5) is 9.64. The highest BCUT2D eigenvalue weighted by atomic mass is 32.2. The van der Waals surface area contributed by atoms with Crippen LogP contribution in [0, 0.1) is 28.9 Å². The molecule has 1 aromatic rings. The Morgan fingerprint density at radius 1 is 0.891 bits per heavy atom. The van der Waals surface area contributed by atoms with E-state index in [-0.39, 0.29) is 29.2 Å². The van der Waals surface area contributed by atoms with E-state index in [0.717, 1.165) is 80.3 Å². The lowest BCUT2D eigenvalue weighted by Crippen LogP contribution is -2.44. The molecule has 1 rings (SSSR count). The molecule has 0 heterocycles. The summed E-state index contributed by atoms with van der Waals surface area (Å²) < 4.78 is 58.7. The van der Waals surface area contributed by atoms with E-state index >= 15 is 0 Å². The van der Waals surface area contributed by atoms with Gasteiger partial charge < -0.3 is 15.6 Å². The Kier molecular flexibility index (Phi) is 41.3. The largest absolute Gasteiger partial charge is 0.354 e. The number of rotatable bonds is 28. The molecule has 0 spiro atoms. The number of benzene rings is 1. The van der Waals surface area contributed by atoms with Gasteiger partial charge in [-0.1, -0.05) is 136 Å². The minimum Gasteiger partial charge on any atom is -0.354 e. The van der Waals surface area contributed by atoms with E-state index in [2.05, 4.69) is 80.8 Å². The van der Waals surface area contributed by atoms with Crippen LogP contribution in [0.5, 0.6) is 0 Å². The molecule has 1 aromatic carbocycles. The number of hydrogen-bond donors (Lipinski definition) is 4. The zero-order chi connectivity index (χ0) is 49.8. The molecule has 5 N–H and O–H groups in total. The van der Waals surface area contributed by atoms with Gasteiger partial charge in [0.05, 0.1) is 5.71 Å². The van der Waals surface area contributed by atoms with Gasteiger partial charge in [0.15, 0.2) is 17.5 Å². The predicted octanol–water partition coefficient (Wildman–Crippen LogP) is 14.5. The molecule has 7 nitrogen and oxygen atoms in total. The van der Waals surface area contributed by atoms with Crippen molar-refractivity contribution < 1.29 is 17.6 Å². The third kappa shape index (κ3) is 31.1. The fourth-order valence-corrected chi connectivity index (χ4v) is 6.73. The van der Waals surface area contributed by atoms with Crippen LogP contribution < -0.4 is 15.2 Å². The van der Waals surface area contributed by atoms with Gasteiger partial charge in [-0.05, 0) is 120 Å². The summed E-state index contributed by atoms with van der Waals surface area (Å²) in [6.45, 7) is 39.9. The number of unbranched alkanes of at least 4 members (excludes halogenated alkanes) is 2. The lowest BCUT2D eigenvalue weighted by atomic mass is 9.93. The Labute approximate surface area is 393 Å². The van der Waals surface area contributed by atoms with Crippen LogP contribution in [0.1, 0.15) is 167 Å². The minimum absolute atomic E-state index is 0.0493. The predicted molar refractivity (Wildman–Crippen MR) is 279 cm³/mol. The lowest BCUT2D eigenvalue weighted by molar-refractivity contribution is 0.273. The third-order valence-electron chi connectivity index (χ3n) is 10.4. The number of aliphatic imine (C=N–C) groups is 1. The standard InChI is InChI=1S/C41H65F4N5.C5H12.C4H12N2S.C2H6/c1-12-20-49(27-34(14-3)24-38(44)36(42)15-4)21-18-31(9)47-19-22-50(26-29(7)13-2)41(33(11)46)48-40(32(10)28(5)6)30(8)23-35-16-17-37(43)39(45)25-35;1-3-5-4-2;1-3-4-6-7(2)5;1-2/h16-17,24-25,29-31,46-47H,5,12-15,18-23,26-27H2,1-4,6-11H3;3-5H2,1-2H3;6H,2-5H2,1H3;1-2H3/b34-24+,38-36-,40-32+,46-33?,48-41?;;;. The number of hydrogen-bond acceptors (Lipinski definition) is 6. The Morgan fingerprint density at radius 3 is 1.95 bits per heavy atom. The second kappa shape index (κ2) is 40.4. The van der Waals surface area contributed by atoms with Gasteiger partial charge in [-0.25, -0.2) is 22.6 Å². The molecule has 0 bridgehead atoms. The van der Waals surface area contributed by atoms with Crippen molar-refractivity contribution in [1.82, 2.24) is 19.8 Å². The highest BCUT2D eigenvalue weighted by Gasteiger charge is 2.21. The smallest absolute Gasteiger partial charge is 0.159 e. The summed E-state index contributed by atoms with van der Waals surface area (Å²) in [5.41, 5.74) is 4.47. The van der Waals surface area contributed by atoms with E-state index in [0.29, 0.717) is 55.5 Å². The van der Waals surface area contributed by atoms with E-state index in [1.54, 1.807) is 19.9 Å². The first-order valence-electron chi connectivity index (χ1n) is 24.2. The molecule has 0 aliphatic carbocycles. The maximum absolute atomic E-state index is 14.2. The molecule has 0 amide bonds. The number of halogens is 4. The topological polar surface area (TPSA) is 92.8 Å². The quantitative estimate of drug-likeness (QED) is 0.0221. The van der Waals surface area contributed by atoms with Crippen molar-refractivity contribution in [1.29, 1.82) is 5.41 Å². The highest BCUT2D eigenvalue weighted by molar-refractivity contribution is 8.10. The van der Waals surface area contributed by atoms with Crippen LogP contribution in [-0.2, 0) is 6.42 Å². The van der Waals surface area contributed by atoms with Gasteiger partial charge in [0.1, 0.15) is 11.7 Å². The van der Waals surface area contributed by atoms with Crippen molar-refractivity contribution in [2.75, 3.05) is 45.8 Å². The Morgan fingerprint density at radius 2 is 1.52 bits per heavy atom. The van der Waals surface area contributed by atoms with E-state index in [1.165, 1.54) is 31.4 Å². The Bertz CT molecular complexity index is 1570. The van der Waals surface area contributed by atoms with Crippen LogP contribution in [-0.4, -0.2) is 79.1 Å². The third-order valence-corrected chi connectivity index (χ3v) is 11.0. The van der Waals surface area contributed by atoms with Crippen molar-refractivity contribution in [2.45, 2.75) is 174 Å². The molecule has 4 atom stereocenters. The summed E-state index contributed by atoms with van der Waals surface area (Å²) in [6.07, 6.45) is 10.6. The SMILES string of the molecule is C=C(C)/C(C)=C(/N=C(C(C)=N)N(CCNC(C)CCN(CCC)C/C(=C/C(F)=C(/F)CC)CC)CC(C)CC)C(C)Cc1ccc(F)c(F)c1.C=S(N)NCCC.CC.CCCCC. The van der Waals surface area contributed by atoms with Gasteiger partial charge in [0.25, 0.3) is 0 Å². The average Bonchev–Trinajstić information content (AvgIpc) is 3.26. The van der Waals surface area contributed by atoms with Crippen molar-refractivity contribution in [2.24, 2.45) is 22.0 Å². The number of amidine groups is 1. The lowest BCUT2D eigenvalue weighted by Gasteiger charge is -2.30. The number of allylic oxidation sites excluding steroid dienone is 6. The fourth-order valence-electron chi connectivity index (χ4n) is 6.26. The van der Waals surface area contributed by atoms with Crippen molar-refractivity contribution in [3.05, 3.63) is 82.1 Å². The number of nitrogens with zero attached hydrogens (tertiary/aromatic N) is 3. The van der Waals surface area contributed by atoms with Crippen LogP contribution in [0.15, 0.2) is 69.9 Å². The van der Waals surface area contributed by atoms with E-state index in [4.69, 9.17) is 15.5 Å². The van der Waals surface area contributed by atoms with Crippen LogP contribution in [0.4, 0.5) is 17.6 Å². The first-order valence-corrected chi connectivity index (χ1v) is 25.6.